The second kappa shape index (κ2) is 19.5. The maximum absolute atomic E-state index is 14.6. The third kappa shape index (κ3) is 8.88. The van der Waals surface area contributed by atoms with E-state index in [-0.39, 0.29) is 5.75 Å². The minimum Gasteiger partial charge on any atom is -0.405 e. The van der Waals surface area contributed by atoms with Gasteiger partial charge in [0, 0.05) is 22.6 Å². The van der Waals surface area contributed by atoms with Crippen molar-refractivity contribution < 1.29 is 17.9 Å². The Morgan fingerprint density at radius 2 is 1.08 bits per heavy atom. The number of benzene rings is 8. The molecule has 2 nitrogen and oxygen atoms in total. The van der Waals surface area contributed by atoms with Crippen molar-refractivity contribution in [1.82, 2.24) is 0 Å². The minimum absolute atomic E-state index is 0.253. The summed E-state index contributed by atoms with van der Waals surface area (Å²) in [7, 11) is 6.51. The van der Waals surface area contributed by atoms with Gasteiger partial charge in [0.2, 0.25) is 0 Å². The van der Waals surface area contributed by atoms with Gasteiger partial charge in [-0.3, -0.25) is 0 Å². The molecule has 0 atom stereocenters. The molecule has 0 N–H and O–H groups in total. The zero-order valence-electron chi connectivity index (χ0n) is 36.2. The van der Waals surface area contributed by atoms with Gasteiger partial charge in [-0.05, 0) is 97.6 Å². The molecule has 8 aromatic rings. The fourth-order valence-corrected chi connectivity index (χ4v) is 9.01. The number of hydrogen-bond donors (Lipinski definition) is 0. The molecule has 0 spiro atoms. The van der Waals surface area contributed by atoms with Gasteiger partial charge in [0.15, 0.2) is 0 Å². The zero-order valence-corrected chi connectivity index (χ0v) is 36.2. The lowest BCUT2D eigenvalue weighted by molar-refractivity contribution is -0.275. The van der Waals surface area contributed by atoms with E-state index in [2.05, 4.69) is 86.0 Å². The molecule has 0 aliphatic heterocycles. The largest absolute Gasteiger partial charge is 0.573 e. The first kappa shape index (κ1) is 44.1. The molecule has 9 rings (SSSR count). The highest BCUT2D eigenvalue weighted by Gasteiger charge is 2.50. The molecule has 1 aliphatic rings. The van der Waals surface area contributed by atoms with E-state index in [4.69, 9.17) is 4.74 Å². The second-order valence-electron chi connectivity index (χ2n) is 15.4. The molecule has 0 heterocycles. The van der Waals surface area contributed by atoms with Crippen LogP contribution in [0.1, 0.15) is 27.8 Å². The summed E-state index contributed by atoms with van der Waals surface area (Å²) in [6, 6.07) is 67.6. The Balaban J connectivity index is 0.00000284. The lowest BCUT2D eigenvalue weighted by Crippen LogP contribution is -2.30. The molecule has 8 aromatic carbocycles. The first-order chi connectivity index (χ1) is 31.8. The molecular formula is C58H45B2F3NO. The van der Waals surface area contributed by atoms with Gasteiger partial charge in [-0.1, -0.05) is 202 Å². The lowest BCUT2D eigenvalue weighted by Gasteiger charge is -2.36. The Labute approximate surface area is 382 Å². The summed E-state index contributed by atoms with van der Waals surface area (Å²) >= 11 is 0. The molecule has 0 saturated carbocycles. The highest BCUT2D eigenvalue weighted by atomic mass is 19.4. The van der Waals surface area contributed by atoms with Crippen molar-refractivity contribution in [3.8, 4) is 39.1 Å². The van der Waals surface area contributed by atoms with E-state index in [1.54, 1.807) is 6.07 Å². The Bertz CT molecular complexity index is 2900. The van der Waals surface area contributed by atoms with Crippen molar-refractivity contribution in [2.45, 2.75) is 25.4 Å². The van der Waals surface area contributed by atoms with Crippen LogP contribution in [-0.2, 0) is 5.41 Å². The van der Waals surface area contributed by atoms with Gasteiger partial charge in [-0.15, -0.1) is 19.1 Å². The van der Waals surface area contributed by atoms with Crippen LogP contribution < -0.4 is 9.64 Å². The minimum atomic E-state index is -4.95. The molecule has 315 valence electrons. The fourth-order valence-electron chi connectivity index (χ4n) is 9.01. The third-order valence-corrected chi connectivity index (χ3v) is 11.6. The monoisotopic (exact) mass is 850 g/mol. The highest BCUT2D eigenvalue weighted by molar-refractivity contribution is 6.42. The number of anilines is 2. The lowest BCUT2D eigenvalue weighted by atomic mass is 9.67. The first-order valence-corrected chi connectivity index (χ1v) is 21.5. The standard InChI is InChI=1S/C57H42BF3NO.CH3B/c1-40(28-29-45(39-58-2)42-20-10-4-11-21-42)62(48-32-30-43(31-33-48)41-18-8-3-9-19-41)49-34-35-51-52(38-49)56(46-24-14-6-15-25-46,47-26-16-7-17-27-47)55-53(63-57(59,60)61)37-36-50(54(51)55)44-22-12-5-13-23-44;1-2/h3-39H,1H2,2H3;1H3/b29-28-,45-39?;. The number of rotatable bonds is 12. The Morgan fingerprint density at radius 1 is 0.585 bits per heavy atom. The Morgan fingerprint density at radius 3 is 1.63 bits per heavy atom. The maximum atomic E-state index is 14.6. The number of alkyl halides is 3. The van der Waals surface area contributed by atoms with Gasteiger partial charge >= 0.3 is 6.36 Å². The van der Waals surface area contributed by atoms with Crippen LogP contribution >= 0.6 is 0 Å². The summed E-state index contributed by atoms with van der Waals surface area (Å²) in [5.74, 6) is 1.82. The van der Waals surface area contributed by atoms with Crippen LogP contribution in [0.5, 0.6) is 5.75 Å². The fraction of sp³-hybridized carbons (Fsp3) is 0.0690. The Kier molecular flexibility index (Phi) is 13.2. The molecule has 65 heavy (non-hydrogen) atoms. The average molecular weight is 851 g/mol. The molecule has 0 aromatic heterocycles. The van der Waals surface area contributed by atoms with E-state index in [1.165, 1.54) is 12.9 Å². The predicted octanol–water partition coefficient (Wildman–Crippen LogP) is 15.5. The summed E-state index contributed by atoms with van der Waals surface area (Å²) in [6.45, 7) is 8.16. The van der Waals surface area contributed by atoms with Crippen LogP contribution in [0.4, 0.5) is 24.5 Å². The van der Waals surface area contributed by atoms with E-state index in [9.17, 15) is 13.2 Å². The molecule has 0 bridgehead atoms. The van der Waals surface area contributed by atoms with Crippen LogP contribution in [0.15, 0.2) is 237 Å². The topological polar surface area (TPSA) is 12.5 Å². The van der Waals surface area contributed by atoms with Crippen molar-refractivity contribution in [3.05, 3.63) is 264 Å². The van der Waals surface area contributed by atoms with Crippen molar-refractivity contribution >= 4 is 32.1 Å². The molecule has 0 unspecified atom stereocenters. The maximum Gasteiger partial charge on any atom is 0.573 e. The van der Waals surface area contributed by atoms with Gasteiger partial charge in [0.05, 0.1) is 13.3 Å². The van der Waals surface area contributed by atoms with Crippen LogP contribution in [0, 0.1) is 0 Å². The van der Waals surface area contributed by atoms with Gasteiger partial charge in [0.25, 0.3) is 0 Å². The van der Waals surface area contributed by atoms with Crippen LogP contribution in [-0.4, -0.2) is 21.5 Å². The SMILES string of the molecule is C=C(/C=C\C(=C[B]C)c1ccccc1)N(c1ccc(-c2ccccc2)cc1)c1ccc2c(c1)C(c1ccccc1)(c1ccccc1)c1c(OC(F)(F)F)ccc(-c3ccccc3)c1-2.[B]C. The molecular weight excluding hydrogens is 805 g/mol. The van der Waals surface area contributed by atoms with E-state index < -0.39 is 11.8 Å². The van der Waals surface area contributed by atoms with Crippen molar-refractivity contribution in [2.24, 2.45) is 0 Å². The number of nitrogens with zero attached hydrogens (tertiary/aromatic N) is 1. The third-order valence-electron chi connectivity index (χ3n) is 11.6. The quantitative estimate of drug-likeness (QED) is 0.0897. The van der Waals surface area contributed by atoms with Crippen molar-refractivity contribution in [2.75, 3.05) is 4.90 Å². The second-order valence-corrected chi connectivity index (χ2v) is 15.4. The number of fused-ring (bicyclic) bond motifs is 3. The van der Waals surface area contributed by atoms with Gasteiger partial charge < -0.3 is 9.64 Å². The van der Waals surface area contributed by atoms with Gasteiger partial charge in [-0.25, -0.2) is 0 Å². The van der Waals surface area contributed by atoms with Crippen molar-refractivity contribution in [1.29, 1.82) is 0 Å². The van der Waals surface area contributed by atoms with Crippen LogP contribution in [0.2, 0.25) is 13.6 Å². The van der Waals surface area contributed by atoms with E-state index >= 15 is 0 Å². The molecule has 7 heteroatoms. The van der Waals surface area contributed by atoms with Crippen LogP contribution in [0.25, 0.3) is 39.0 Å². The number of allylic oxidation sites excluding steroid dienone is 3. The normalized spacial score (nSPS) is 12.7. The predicted molar refractivity (Wildman–Crippen MR) is 266 cm³/mol. The molecule has 0 saturated heterocycles. The molecule has 0 amide bonds. The highest BCUT2D eigenvalue weighted by Crippen LogP contribution is 2.62. The number of hydrogen-bond acceptors (Lipinski definition) is 2. The van der Waals surface area contributed by atoms with E-state index in [0.717, 1.165) is 67.0 Å². The van der Waals surface area contributed by atoms with Gasteiger partial charge in [-0.2, -0.15) is 0 Å². The van der Waals surface area contributed by atoms with Crippen molar-refractivity contribution in [3.63, 3.8) is 0 Å². The van der Waals surface area contributed by atoms with E-state index in [1.807, 2.05) is 160 Å². The smallest absolute Gasteiger partial charge is 0.405 e. The molecule has 1 aliphatic carbocycles. The zero-order chi connectivity index (χ0) is 45.4. The summed E-state index contributed by atoms with van der Waals surface area (Å²) in [4.78, 5) is 2.11. The van der Waals surface area contributed by atoms with Crippen LogP contribution in [0.3, 0.4) is 0 Å². The average Bonchev–Trinajstić information content (AvgIpc) is 3.66. The first-order valence-electron chi connectivity index (χ1n) is 21.5. The summed E-state index contributed by atoms with van der Waals surface area (Å²) < 4.78 is 49.0. The molecule has 0 fully saturated rings. The molecule has 3 radical (unpaired) electrons. The summed E-state index contributed by atoms with van der Waals surface area (Å²) in [5, 5.41) is 0. The number of ether oxygens (including phenoxy) is 1. The van der Waals surface area contributed by atoms with Gasteiger partial charge in [0.1, 0.15) is 13.0 Å². The summed E-state index contributed by atoms with van der Waals surface area (Å²) in [6.07, 6.45) is -0.867. The summed E-state index contributed by atoms with van der Waals surface area (Å²) in [5.41, 5.74) is 11.4. The van der Waals surface area contributed by atoms with E-state index in [0.29, 0.717) is 16.8 Å². The number of halogens is 3. The Hall–Kier alpha value is -7.50.